The molecule has 0 unspecified atom stereocenters. The fourth-order valence-corrected chi connectivity index (χ4v) is 4.80. The first-order valence-corrected chi connectivity index (χ1v) is 11.5. The maximum absolute atomic E-state index is 13.0. The van der Waals surface area contributed by atoms with Crippen molar-refractivity contribution in [3.8, 4) is 0 Å². The van der Waals surface area contributed by atoms with Crippen LogP contribution in [0.3, 0.4) is 0 Å². The first kappa shape index (κ1) is 21.2. The smallest absolute Gasteiger partial charge is 0.243 e. The number of rotatable bonds is 8. The minimum Gasteiger partial charge on any atom is -0.372 e. The summed E-state index contributed by atoms with van der Waals surface area (Å²) in [6.07, 6.45) is 8.53. The van der Waals surface area contributed by atoms with E-state index in [1.165, 1.54) is 4.31 Å². The molecule has 2 N–H and O–H groups in total. The normalized spacial score (nSPS) is 15.0. The largest absolute Gasteiger partial charge is 0.372 e. The molecule has 0 atom stereocenters. The summed E-state index contributed by atoms with van der Waals surface area (Å²) in [5, 5.41) is 6.51. The van der Waals surface area contributed by atoms with Crippen molar-refractivity contribution in [2.75, 3.05) is 43.1 Å². The molecule has 1 saturated heterocycles. The summed E-state index contributed by atoms with van der Waals surface area (Å²) in [6, 6.07) is 10.8. The van der Waals surface area contributed by atoms with Crippen molar-refractivity contribution in [3.63, 3.8) is 0 Å². The lowest BCUT2D eigenvalue weighted by Gasteiger charge is -2.34. The van der Waals surface area contributed by atoms with E-state index in [1.54, 1.807) is 49.1 Å². The number of piperazine rings is 1. The lowest BCUT2D eigenvalue weighted by atomic mass is 10.3. The van der Waals surface area contributed by atoms with Gasteiger partial charge >= 0.3 is 0 Å². The lowest BCUT2D eigenvalue weighted by Crippen LogP contribution is -2.48. The second kappa shape index (κ2) is 9.82. The van der Waals surface area contributed by atoms with Crippen molar-refractivity contribution in [2.45, 2.75) is 11.4 Å². The minimum atomic E-state index is -3.53. The molecule has 0 saturated carbocycles. The van der Waals surface area contributed by atoms with Gasteiger partial charge in [-0.25, -0.2) is 13.4 Å². The van der Waals surface area contributed by atoms with Gasteiger partial charge in [-0.15, -0.1) is 0 Å². The summed E-state index contributed by atoms with van der Waals surface area (Å²) in [7, 11) is -3.53. The standard InChI is InChI=1S/C21H25N7O2S/c29-31(30,28-12-10-27(11-13-28)21-16-23-8-9-25-21)20-5-3-19(4-6-20)26-17-24-15-18-2-1-7-22-14-18/h1-9,14,16,24,26H,10-13,15,17H2. The number of aromatic nitrogens is 3. The van der Waals surface area contributed by atoms with Crippen LogP contribution in [-0.4, -0.2) is 60.5 Å². The number of hydrogen-bond acceptors (Lipinski definition) is 8. The van der Waals surface area contributed by atoms with Crippen LogP contribution in [0.5, 0.6) is 0 Å². The Kier molecular flexibility index (Phi) is 6.70. The molecule has 0 amide bonds. The summed E-state index contributed by atoms with van der Waals surface area (Å²) >= 11 is 0. The van der Waals surface area contributed by atoms with Gasteiger partial charge in [0, 0.05) is 63.2 Å². The Bertz CT molecular complexity index is 1060. The van der Waals surface area contributed by atoms with Gasteiger partial charge in [0.2, 0.25) is 10.0 Å². The molecule has 1 fully saturated rings. The van der Waals surface area contributed by atoms with Crippen LogP contribution in [0.25, 0.3) is 0 Å². The molecule has 0 spiro atoms. The average molecular weight is 440 g/mol. The summed E-state index contributed by atoms with van der Waals surface area (Å²) in [5.74, 6) is 0.770. The predicted octanol–water partition coefficient (Wildman–Crippen LogP) is 1.54. The van der Waals surface area contributed by atoms with Gasteiger partial charge in [0.1, 0.15) is 5.82 Å². The third-order valence-electron chi connectivity index (χ3n) is 5.07. The number of nitrogens with zero attached hydrogens (tertiary/aromatic N) is 5. The van der Waals surface area contributed by atoms with Crippen LogP contribution in [-0.2, 0) is 16.6 Å². The van der Waals surface area contributed by atoms with E-state index in [-0.39, 0.29) is 0 Å². The van der Waals surface area contributed by atoms with Crippen molar-refractivity contribution >= 4 is 21.5 Å². The van der Waals surface area contributed by atoms with E-state index >= 15 is 0 Å². The molecule has 3 heterocycles. The first-order chi connectivity index (χ1) is 15.1. The molecule has 0 bridgehead atoms. The molecule has 1 aliphatic heterocycles. The zero-order chi connectivity index (χ0) is 21.5. The van der Waals surface area contributed by atoms with Gasteiger partial charge in [-0.2, -0.15) is 4.31 Å². The van der Waals surface area contributed by atoms with E-state index in [9.17, 15) is 8.42 Å². The van der Waals surface area contributed by atoms with Crippen molar-refractivity contribution < 1.29 is 8.42 Å². The number of anilines is 2. The van der Waals surface area contributed by atoms with Crippen LogP contribution in [0.2, 0.25) is 0 Å². The maximum atomic E-state index is 13.0. The molecule has 31 heavy (non-hydrogen) atoms. The van der Waals surface area contributed by atoms with Gasteiger partial charge in [0.25, 0.3) is 0 Å². The topological polar surface area (TPSA) is 103 Å². The molecule has 0 radical (unpaired) electrons. The molecule has 3 aromatic rings. The van der Waals surface area contributed by atoms with Gasteiger partial charge in [0.05, 0.1) is 17.8 Å². The molecule has 9 nitrogen and oxygen atoms in total. The summed E-state index contributed by atoms with van der Waals surface area (Å²) in [4.78, 5) is 14.8. The van der Waals surface area contributed by atoms with Crippen LogP contribution in [0.1, 0.15) is 5.56 Å². The van der Waals surface area contributed by atoms with E-state index in [0.29, 0.717) is 44.3 Å². The second-order valence-electron chi connectivity index (χ2n) is 7.12. The number of nitrogens with one attached hydrogen (secondary N) is 2. The Morgan fingerprint density at radius 1 is 0.903 bits per heavy atom. The Balaban J connectivity index is 1.28. The van der Waals surface area contributed by atoms with E-state index in [2.05, 4.69) is 25.6 Å². The van der Waals surface area contributed by atoms with Crippen LogP contribution in [0.4, 0.5) is 11.5 Å². The average Bonchev–Trinajstić information content (AvgIpc) is 2.83. The fraction of sp³-hybridized carbons (Fsp3) is 0.286. The number of sulfonamides is 1. The van der Waals surface area contributed by atoms with Crippen LogP contribution >= 0.6 is 0 Å². The lowest BCUT2D eigenvalue weighted by molar-refractivity contribution is 0.383. The van der Waals surface area contributed by atoms with Crippen LogP contribution in [0, 0.1) is 0 Å². The zero-order valence-electron chi connectivity index (χ0n) is 17.1. The minimum absolute atomic E-state index is 0.300. The Labute approximate surface area is 182 Å². The SMILES string of the molecule is O=S(=O)(c1ccc(NCNCc2cccnc2)cc1)N1CCN(c2cnccn2)CC1. The van der Waals surface area contributed by atoms with E-state index in [4.69, 9.17) is 0 Å². The summed E-state index contributed by atoms with van der Waals surface area (Å²) in [6.45, 7) is 3.26. The molecule has 1 aromatic carbocycles. The Morgan fingerprint density at radius 2 is 1.68 bits per heavy atom. The van der Waals surface area contributed by atoms with Gasteiger partial charge in [-0.05, 0) is 35.9 Å². The molecule has 162 valence electrons. The van der Waals surface area contributed by atoms with E-state index in [1.807, 2.05) is 23.2 Å². The van der Waals surface area contributed by atoms with Crippen LogP contribution in [0.15, 0.2) is 72.3 Å². The van der Waals surface area contributed by atoms with Gasteiger partial charge in [0.15, 0.2) is 0 Å². The maximum Gasteiger partial charge on any atom is 0.243 e. The van der Waals surface area contributed by atoms with Crippen molar-refractivity contribution in [3.05, 3.63) is 72.9 Å². The highest BCUT2D eigenvalue weighted by Crippen LogP contribution is 2.21. The molecule has 0 aliphatic carbocycles. The highest BCUT2D eigenvalue weighted by atomic mass is 32.2. The Hall–Kier alpha value is -3.08. The van der Waals surface area contributed by atoms with E-state index in [0.717, 1.165) is 17.1 Å². The zero-order valence-corrected chi connectivity index (χ0v) is 17.9. The number of hydrogen-bond donors (Lipinski definition) is 2. The predicted molar refractivity (Wildman–Crippen MR) is 119 cm³/mol. The van der Waals surface area contributed by atoms with Gasteiger partial charge in [-0.1, -0.05) is 6.07 Å². The van der Waals surface area contributed by atoms with Gasteiger partial charge in [-0.3, -0.25) is 15.3 Å². The monoisotopic (exact) mass is 439 g/mol. The van der Waals surface area contributed by atoms with Crippen molar-refractivity contribution in [2.24, 2.45) is 0 Å². The molecule has 2 aromatic heterocycles. The molecule has 1 aliphatic rings. The molecular formula is C21H25N7O2S. The Morgan fingerprint density at radius 3 is 2.35 bits per heavy atom. The quantitative estimate of drug-likeness (QED) is 0.402. The highest BCUT2D eigenvalue weighted by Gasteiger charge is 2.28. The van der Waals surface area contributed by atoms with Crippen molar-refractivity contribution in [1.82, 2.24) is 24.6 Å². The summed E-state index contributed by atoms with van der Waals surface area (Å²) < 4.78 is 27.5. The van der Waals surface area contributed by atoms with Crippen LogP contribution < -0.4 is 15.5 Å². The summed E-state index contributed by atoms with van der Waals surface area (Å²) in [5.41, 5.74) is 1.95. The first-order valence-electron chi connectivity index (χ1n) is 10.1. The second-order valence-corrected chi connectivity index (χ2v) is 9.06. The third-order valence-corrected chi connectivity index (χ3v) is 6.99. The third kappa shape index (κ3) is 5.35. The molecule has 4 rings (SSSR count). The van der Waals surface area contributed by atoms with Gasteiger partial charge < -0.3 is 10.2 Å². The molecular weight excluding hydrogens is 414 g/mol. The molecule has 10 heteroatoms. The highest BCUT2D eigenvalue weighted by molar-refractivity contribution is 7.89. The number of benzene rings is 1. The number of pyridine rings is 1. The fourth-order valence-electron chi connectivity index (χ4n) is 3.38. The van der Waals surface area contributed by atoms with Crippen molar-refractivity contribution in [1.29, 1.82) is 0 Å². The van der Waals surface area contributed by atoms with E-state index < -0.39 is 10.0 Å².